The van der Waals surface area contributed by atoms with Crippen LogP contribution in [0, 0.1) is 0 Å². The van der Waals surface area contributed by atoms with Gasteiger partial charge in [0, 0.05) is 19.3 Å². The lowest BCUT2D eigenvalue weighted by Crippen LogP contribution is -2.49. The molecular formula is C12H16N+. The van der Waals surface area contributed by atoms with Crippen LogP contribution in [-0.2, 0) is 0 Å². The monoisotopic (exact) mass is 174 g/mol. The minimum atomic E-state index is 0.869. The molecule has 4 aliphatic heterocycles. The van der Waals surface area contributed by atoms with Crippen LogP contribution >= 0.6 is 0 Å². The standard InChI is InChI=1S/C12H16N/c1-3-8-7-13-9(4-1)10(8)11(13)12(13)5-2-6-12/h9,11H,1-7H2/q+1. The van der Waals surface area contributed by atoms with Gasteiger partial charge in [-0.15, -0.1) is 0 Å². The summed E-state index contributed by atoms with van der Waals surface area (Å²) < 4.78 is 1.61. The predicted molar refractivity (Wildman–Crippen MR) is 50.2 cm³/mol. The lowest BCUT2D eigenvalue weighted by Gasteiger charge is -2.36. The van der Waals surface area contributed by atoms with Crippen molar-refractivity contribution in [2.24, 2.45) is 0 Å². The van der Waals surface area contributed by atoms with Crippen molar-refractivity contribution >= 4 is 0 Å². The summed E-state index contributed by atoms with van der Waals surface area (Å²) in [5, 5.41) is 0. The molecule has 6 aliphatic rings. The van der Waals surface area contributed by atoms with Gasteiger partial charge in [0.25, 0.3) is 0 Å². The highest BCUT2D eigenvalue weighted by Crippen LogP contribution is 2.79. The molecule has 1 heteroatoms. The van der Waals surface area contributed by atoms with Gasteiger partial charge < -0.3 is 0 Å². The third-order valence-corrected chi connectivity index (χ3v) is 5.98. The van der Waals surface area contributed by atoms with Crippen LogP contribution in [0.2, 0.25) is 0 Å². The summed E-state index contributed by atoms with van der Waals surface area (Å²) in [6.45, 7) is 1.50. The van der Waals surface area contributed by atoms with Gasteiger partial charge in [0.15, 0.2) is 11.6 Å². The van der Waals surface area contributed by atoms with E-state index >= 15 is 0 Å². The quantitative estimate of drug-likeness (QED) is 0.299. The van der Waals surface area contributed by atoms with Crippen molar-refractivity contribution in [3.05, 3.63) is 11.1 Å². The Morgan fingerprint density at radius 2 is 2.15 bits per heavy atom. The Morgan fingerprint density at radius 1 is 1.23 bits per heavy atom. The van der Waals surface area contributed by atoms with E-state index in [0.717, 1.165) is 17.6 Å². The first kappa shape index (κ1) is 6.23. The lowest BCUT2D eigenvalue weighted by atomic mass is 9.77. The van der Waals surface area contributed by atoms with Crippen molar-refractivity contribution in [1.82, 2.24) is 0 Å². The maximum Gasteiger partial charge on any atom is 0.174 e. The fourth-order valence-electron chi connectivity index (χ4n) is 5.53. The van der Waals surface area contributed by atoms with Crippen LogP contribution in [0.1, 0.15) is 38.5 Å². The summed E-state index contributed by atoms with van der Waals surface area (Å²) in [6.07, 6.45) is 9.20. The summed E-state index contributed by atoms with van der Waals surface area (Å²) in [5.41, 5.74) is 4.78. The Kier molecular flexibility index (Phi) is 0.682. The van der Waals surface area contributed by atoms with Crippen molar-refractivity contribution in [3.63, 3.8) is 0 Å². The van der Waals surface area contributed by atoms with Gasteiger partial charge in [-0.25, -0.2) is 0 Å². The van der Waals surface area contributed by atoms with E-state index in [4.69, 9.17) is 0 Å². The first-order valence-corrected chi connectivity index (χ1v) is 5.99. The summed E-state index contributed by atoms with van der Waals surface area (Å²) in [5.74, 6) is 0. The highest BCUT2D eigenvalue weighted by atomic mass is 15.7. The number of hydrogen-bond acceptors (Lipinski definition) is 0. The normalized spacial score (nSPS) is 57.2. The summed E-state index contributed by atoms with van der Waals surface area (Å²) in [4.78, 5) is 0. The molecule has 3 unspecified atom stereocenters. The summed E-state index contributed by atoms with van der Waals surface area (Å²) in [6, 6.07) is 2.16. The van der Waals surface area contributed by atoms with E-state index < -0.39 is 0 Å². The smallest absolute Gasteiger partial charge is 0.174 e. The average molecular weight is 174 g/mol. The van der Waals surface area contributed by atoms with E-state index in [9.17, 15) is 0 Å². The number of rotatable bonds is 0. The van der Waals surface area contributed by atoms with Gasteiger partial charge in [0.2, 0.25) is 0 Å². The predicted octanol–water partition coefficient (Wildman–Crippen LogP) is 1.98. The summed E-state index contributed by atoms with van der Waals surface area (Å²) >= 11 is 0. The van der Waals surface area contributed by atoms with Gasteiger partial charge in [-0.05, 0) is 24.8 Å². The first-order chi connectivity index (χ1) is 6.40. The third kappa shape index (κ3) is 0.355. The molecule has 68 valence electrons. The second-order valence-electron chi connectivity index (χ2n) is 5.92. The molecule has 1 nitrogen and oxygen atoms in total. The van der Waals surface area contributed by atoms with Crippen LogP contribution in [-0.4, -0.2) is 28.7 Å². The van der Waals surface area contributed by atoms with Crippen molar-refractivity contribution in [3.8, 4) is 0 Å². The van der Waals surface area contributed by atoms with E-state index in [1.165, 1.54) is 32.2 Å². The van der Waals surface area contributed by atoms with E-state index in [1.54, 1.807) is 17.3 Å². The van der Waals surface area contributed by atoms with Crippen molar-refractivity contribution in [2.75, 3.05) is 6.54 Å². The second-order valence-corrected chi connectivity index (χ2v) is 5.92. The highest BCUT2D eigenvalue weighted by Gasteiger charge is 2.94. The van der Waals surface area contributed by atoms with Gasteiger partial charge in [0.1, 0.15) is 12.6 Å². The highest BCUT2D eigenvalue weighted by molar-refractivity contribution is 5.49. The number of nitrogens with zero attached hydrogens (tertiary/aromatic N) is 1. The molecule has 2 spiro atoms. The zero-order chi connectivity index (χ0) is 8.26. The van der Waals surface area contributed by atoms with Gasteiger partial charge >= 0.3 is 0 Å². The molecule has 0 radical (unpaired) electrons. The van der Waals surface area contributed by atoms with E-state index in [1.807, 2.05) is 11.1 Å². The Hall–Kier alpha value is -0.300. The topological polar surface area (TPSA) is 0 Å². The largest absolute Gasteiger partial charge is 0.293 e. The van der Waals surface area contributed by atoms with E-state index in [2.05, 4.69) is 0 Å². The molecule has 0 amide bonds. The SMILES string of the molecule is C1CC2=C3C(C1)[N+]1(C2)C3C12CCC2. The molecule has 3 atom stereocenters. The molecule has 0 N–H and O–H groups in total. The van der Waals surface area contributed by atoms with Crippen LogP contribution in [0.25, 0.3) is 0 Å². The minimum absolute atomic E-state index is 0.869. The van der Waals surface area contributed by atoms with Crippen LogP contribution < -0.4 is 0 Å². The van der Waals surface area contributed by atoms with Crippen LogP contribution in [0.15, 0.2) is 11.1 Å². The minimum Gasteiger partial charge on any atom is -0.293 e. The zero-order valence-electron chi connectivity index (χ0n) is 8.05. The molecule has 4 bridgehead atoms. The fourth-order valence-corrected chi connectivity index (χ4v) is 5.53. The Bertz CT molecular complexity index is 363. The van der Waals surface area contributed by atoms with Crippen LogP contribution in [0.5, 0.6) is 0 Å². The van der Waals surface area contributed by atoms with Crippen LogP contribution in [0.3, 0.4) is 0 Å². The molecule has 3 fully saturated rings. The second kappa shape index (κ2) is 1.42. The maximum atomic E-state index is 1.99. The molecule has 4 heterocycles. The van der Waals surface area contributed by atoms with Gasteiger partial charge in [-0.1, -0.05) is 0 Å². The number of quaternary nitrogens is 1. The molecule has 0 aromatic carbocycles. The van der Waals surface area contributed by atoms with Crippen molar-refractivity contribution < 1.29 is 4.48 Å². The van der Waals surface area contributed by atoms with Crippen LogP contribution in [0.4, 0.5) is 0 Å². The van der Waals surface area contributed by atoms with Crippen molar-refractivity contribution in [2.45, 2.75) is 56.1 Å². The molecule has 0 aromatic heterocycles. The third-order valence-electron chi connectivity index (χ3n) is 5.98. The maximum absolute atomic E-state index is 1.99. The first-order valence-electron chi connectivity index (χ1n) is 5.99. The molecule has 2 saturated heterocycles. The average Bonchev–Trinajstić information content (AvgIpc) is 2.30. The molecule has 2 aliphatic carbocycles. The molecule has 6 rings (SSSR count). The Labute approximate surface area is 79.0 Å². The van der Waals surface area contributed by atoms with Gasteiger partial charge in [-0.2, -0.15) is 0 Å². The lowest BCUT2D eigenvalue weighted by molar-refractivity contribution is -0.873. The zero-order valence-corrected chi connectivity index (χ0v) is 8.05. The van der Waals surface area contributed by atoms with E-state index in [0.29, 0.717) is 0 Å². The molecule has 0 aromatic rings. The van der Waals surface area contributed by atoms with Gasteiger partial charge in [-0.3, -0.25) is 4.48 Å². The van der Waals surface area contributed by atoms with Crippen molar-refractivity contribution in [1.29, 1.82) is 0 Å². The van der Waals surface area contributed by atoms with E-state index in [-0.39, 0.29) is 0 Å². The molecule has 1 saturated carbocycles. The Balaban J connectivity index is 1.73. The molecular weight excluding hydrogens is 158 g/mol. The molecule has 13 heavy (non-hydrogen) atoms. The number of hydrogen-bond donors (Lipinski definition) is 0. The van der Waals surface area contributed by atoms with Gasteiger partial charge in [0.05, 0.1) is 5.57 Å². The summed E-state index contributed by atoms with van der Waals surface area (Å²) in [7, 11) is 0. The fraction of sp³-hybridized carbons (Fsp3) is 0.833. The Morgan fingerprint density at radius 3 is 2.85 bits per heavy atom.